The van der Waals surface area contributed by atoms with E-state index in [1.54, 1.807) is 11.3 Å². The van der Waals surface area contributed by atoms with E-state index in [4.69, 9.17) is 0 Å². The lowest BCUT2D eigenvalue weighted by Gasteiger charge is -2.22. The van der Waals surface area contributed by atoms with E-state index < -0.39 is 0 Å². The van der Waals surface area contributed by atoms with Gasteiger partial charge in [0.05, 0.1) is 6.04 Å². The second-order valence-electron chi connectivity index (χ2n) is 5.08. The summed E-state index contributed by atoms with van der Waals surface area (Å²) in [6, 6.07) is 7.34. The minimum atomic E-state index is 0.341. The van der Waals surface area contributed by atoms with Crippen LogP contribution < -0.4 is 5.32 Å². The lowest BCUT2D eigenvalue weighted by atomic mass is 9.99. The van der Waals surface area contributed by atoms with E-state index in [0.29, 0.717) is 12.1 Å². The maximum atomic E-state index is 4.43. The molecule has 0 aliphatic carbocycles. The number of thiazole rings is 1. The van der Waals surface area contributed by atoms with E-state index in [-0.39, 0.29) is 0 Å². The van der Waals surface area contributed by atoms with Gasteiger partial charge in [0.25, 0.3) is 0 Å². The molecule has 0 spiro atoms. The average Bonchev–Trinajstić information content (AvgIpc) is 2.92. The van der Waals surface area contributed by atoms with Crippen LogP contribution in [0.15, 0.2) is 29.8 Å². The van der Waals surface area contributed by atoms with Gasteiger partial charge in [0, 0.05) is 17.6 Å². The predicted molar refractivity (Wildman–Crippen MR) is 82.6 cm³/mol. The van der Waals surface area contributed by atoms with Gasteiger partial charge in [-0.25, -0.2) is 4.98 Å². The Morgan fingerprint density at radius 2 is 2.11 bits per heavy atom. The summed E-state index contributed by atoms with van der Waals surface area (Å²) in [7, 11) is 0. The summed E-state index contributed by atoms with van der Waals surface area (Å²) in [5.74, 6) is 0. The molecule has 19 heavy (non-hydrogen) atoms. The maximum absolute atomic E-state index is 4.43. The Kier molecular flexibility index (Phi) is 4.72. The van der Waals surface area contributed by atoms with Crippen molar-refractivity contribution in [1.82, 2.24) is 10.3 Å². The fraction of sp³-hybridized carbons (Fsp3) is 0.438. The normalized spacial score (nSPS) is 14.3. The van der Waals surface area contributed by atoms with Crippen molar-refractivity contribution in [3.8, 4) is 0 Å². The highest BCUT2D eigenvalue weighted by Crippen LogP contribution is 2.25. The summed E-state index contributed by atoms with van der Waals surface area (Å²) in [6.45, 7) is 8.76. The summed E-state index contributed by atoms with van der Waals surface area (Å²) in [5, 5.41) is 6.93. The number of aromatic nitrogens is 1. The highest BCUT2D eigenvalue weighted by molar-refractivity contribution is 7.09. The van der Waals surface area contributed by atoms with E-state index in [0.717, 1.165) is 6.42 Å². The summed E-state index contributed by atoms with van der Waals surface area (Å²) in [5.41, 5.74) is 4.05. The molecule has 0 aliphatic rings. The van der Waals surface area contributed by atoms with Crippen molar-refractivity contribution in [2.24, 2.45) is 0 Å². The molecule has 2 nitrogen and oxygen atoms in total. The summed E-state index contributed by atoms with van der Waals surface area (Å²) in [4.78, 5) is 4.43. The van der Waals surface area contributed by atoms with Crippen LogP contribution in [0.3, 0.4) is 0 Å². The van der Waals surface area contributed by atoms with Crippen LogP contribution in [0.25, 0.3) is 0 Å². The number of hydrogen-bond donors (Lipinski definition) is 1. The van der Waals surface area contributed by atoms with Crippen LogP contribution in [0.4, 0.5) is 0 Å². The van der Waals surface area contributed by atoms with E-state index in [9.17, 15) is 0 Å². The van der Waals surface area contributed by atoms with Gasteiger partial charge >= 0.3 is 0 Å². The Hall–Kier alpha value is -1.19. The van der Waals surface area contributed by atoms with Crippen molar-refractivity contribution in [2.75, 3.05) is 0 Å². The number of nitrogens with one attached hydrogen (secondary N) is 1. The summed E-state index contributed by atoms with van der Waals surface area (Å²) in [6.07, 6.45) is 2.94. The van der Waals surface area contributed by atoms with Crippen molar-refractivity contribution >= 4 is 11.3 Å². The molecule has 2 unspecified atom stereocenters. The molecule has 102 valence electrons. The molecule has 0 radical (unpaired) electrons. The zero-order valence-corrected chi connectivity index (χ0v) is 12.9. The fourth-order valence-corrected chi connectivity index (χ4v) is 3.17. The molecule has 2 atom stereocenters. The maximum Gasteiger partial charge on any atom is 0.109 e. The summed E-state index contributed by atoms with van der Waals surface area (Å²) < 4.78 is 0. The van der Waals surface area contributed by atoms with Crippen LogP contribution in [0.1, 0.15) is 54.0 Å². The standard InChI is InChI=1S/C16H22N2S/c1-5-15(16-17-8-9-19-16)18-13(4)14-10-11(2)6-7-12(14)3/h6-10,13,15,18H,5H2,1-4H3. The van der Waals surface area contributed by atoms with Gasteiger partial charge in [-0.3, -0.25) is 0 Å². The van der Waals surface area contributed by atoms with Crippen molar-refractivity contribution in [1.29, 1.82) is 0 Å². The Balaban J connectivity index is 2.15. The lowest BCUT2D eigenvalue weighted by Crippen LogP contribution is -2.24. The third-order valence-electron chi connectivity index (χ3n) is 3.51. The summed E-state index contributed by atoms with van der Waals surface area (Å²) >= 11 is 1.73. The van der Waals surface area contributed by atoms with Crippen molar-refractivity contribution in [3.63, 3.8) is 0 Å². The number of rotatable bonds is 5. The second kappa shape index (κ2) is 6.31. The molecule has 2 aromatic rings. The molecule has 1 heterocycles. The first-order valence-corrected chi connectivity index (χ1v) is 7.72. The molecule has 0 fully saturated rings. The van der Waals surface area contributed by atoms with E-state index in [1.165, 1.54) is 21.7 Å². The van der Waals surface area contributed by atoms with Crippen LogP contribution in [0.2, 0.25) is 0 Å². The zero-order valence-electron chi connectivity index (χ0n) is 12.1. The van der Waals surface area contributed by atoms with Gasteiger partial charge in [-0.1, -0.05) is 30.7 Å². The molecule has 0 bridgehead atoms. The van der Waals surface area contributed by atoms with Gasteiger partial charge in [-0.05, 0) is 38.3 Å². The highest BCUT2D eigenvalue weighted by Gasteiger charge is 2.16. The largest absolute Gasteiger partial charge is 0.301 e. The van der Waals surface area contributed by atoms with Crippen molar-refractivity contribution in [2.45, 2.75) is 46.2 Å². The average molecular weight is 274 g/mol. The van der Waals surface area contributed by atoms with Gasteiger partial charge in [-0.15, -0.1) is 11.3 Å². The fourth-order valence-electron chi connectivity index (χ4n) is 2.39. The minimum absolute atomic E-state index is 0.341. The third kappa shape index (κ3) is 3.43. The molecule has 2 rings (SSSR count). The van der Waals surface area contributed by atoms with Gasteiger partial charge in [0.2, 0.25) is 0 Å². The van der Waals surface area contributed by atoms with E-state index in [1.807, 2.05) is 11.6 Å². The quantitative estimate of drug-likeness (QED) is 0.864. The van der Waals surface area contributed by atoms with Crippen LogP contribution in [-0.4, -0.2) is 4.98 Å². The molecule has 3 heteroatoms. The van der Waals surface area contributed by atoms with Crippen LogP contribution in [0, 0.1) is 13.8 Å². The Labute approximate surface area is 119 Å². The second-order valence-corrected chi connectivity index (χ2v) is 6.01. The molecule has 1 aromatic carbocycles. The van der Waals surface area contributed by atoms with Gasteiger partial charge in [0.15, 0.2) is 0 Å². The Morgan fingerprint density at radius 3 is 2.74 bits per heavy atom. The molecule has 1 N–H and O–H groups in total. The SMILES string of the molecule is CCC(NC(C)c1cc(C)ccc1C)c1nccs1. The van der Waals surface area contributed by atoms with Gasteiger partial charge < -0.3 is 5.32 Å². The predicted octanol–water partition coefficient (Wildman–Crippen LogP) is 4.56. The Bertz CT molecular complexity index is 520. The highest BCUT2D eigenvalue weighted by atomic mass is 32.1. The van der Waals surface area contributed by atoms with E-state index in [2.05, 4.69) is 56.2 Å². The molecular formula is C16H22N2S. The molecular weight excluding hydrogens is 252 g/mol. The van der Waals surface area contributed by atoms with Crippen LogP contribution in [-0.2, 0) is 0 Å². The topological polar surface area (TPSA) is 24.9 Å². The lowest BCUT2D eigenvalue weighted by molar-refractivity contribution is 0.453. The van der Waals surface area contributed by atoms with Crippen LogP contribution >= 0.6 is 11.3 Å². The molecule has 0 saturated heterocycles. The number of hydrogen-bond acceptors (Lipinski definition) is 3. The number of aryl methyl sites for hydroxylation is 2. The number of nitrogens with zero attached hydrogens (tertiary/aromatic N) is 1. The number of benzene rings is 1. The Morgan fingerprint density at radius 1 is 1.32 bits per heavy atom. The molecule has 0 amide bonds. The molecule has 1 aromatic heterocycles. The van der Waals surface area contributed by atoms with E-state index >= 15 is 0 Å². The third-order valence-corrected chi connectivity index (χ3v) is 4.40. The first-order valence-electron chi connectivity index (χ1n) is 6.84. The van der Waals surface area contributed by atoms with Gasteiger partial charge in [-0.2, -0.15) is 0 Å². The van der Waals surface area contributed by atoms with Gasteiger partial charge in [0.1, 0.15) is 5.01 Å². The smallest absolute Gasteiger partial charge is 0.109 e. The minimum Gasteiger partial charge on any atom is -0.301 e. The zero-order chi connectivity index (χ0) is 13.8. The van der Waals surface area contributed by atoms with Crippen molar-refractivity contribution < 1.29 is 0 Å². The molecule has 0 saturated carbocycles. The first kappa shape index (κ1) is 14.2. The first-order chi connectivity index (χ1) is 9.11. The van der Waals surface area contributed by atoms with Crippen LogP contribution in [0.5, 0.6) is 0 Å². The monoisotopic (exact) mass is 274 g/mol. The molecule has 0 aliphatic heterocycles. The van der Waals surface area contributed by atoms with Crippen molar-refractivity contribution in [3.05, 3.63) is 51.5 Å².